The zero-order chi connectivity index (χ0) is 13.2. The van der Waals surface area contributed by atoms with Gasteiger partial charge in [-0.3, -0.25) is 4.79 Å². The largest absolute Gasteiger partial charge is 0.411 e. The first kappa shape index (κ1) is 11.8. The smallest absolute Gasteiger partial charge is 0.405 e. The van der Waals surface area contributed by atoms with Crippen molar-refractivity contribution in [3.05, 3.63) is 60.2 Å². The number of hydrogen-bond donors (Lipinski definition) is 1. The molecule has 0 saturated carbocycles. The molecule has 3 rings (SSSR count). The van der Waals surface area contributed by atoms with Gasteiger partial charge >= 0.3 is 6.98 Å². The van der Waals surface area contributed by atoms with Crippen LogP contribution in [0.4, 0.5) is 5.69 Å². The predicted molar refractivity (Wildman–Crippen MR) is 78.6 cm³/mol. The van der Waals surface area contributed by atoms with Crippen molar-refractivity contribution >= 4 is 24.0 Å². The Labute approximate surface area is 113 Å². The van der Waals surface area contributed by atoms with E-state index in [0.29, 0.717) is 6.54 Å². The van der Waals surface area contributed by atoms with Crippen molar-refractivity contribution in [3.8, 4) is 0 Å². The predicted octanol–water partition coefficient (Wildman–Crippen LogP) is 1.97. The van der Waals surface area contributed by atoms with Crippen LogP contribution in [0.15, 0.2) is 54.6 Å². The van der Waals surface area contributed by atoms with Gasteiger partial charge in [-0.25, -0.2) is 0 Å². The van der Waals surface area contributed by atoms with Crippen molar-refractivity contribution in [2.45, 2.75) is 6.92 Å². The number of fused-ring (bicyclic) bond motifs is 1. The molecule has 1 N–H and O–H groups in total. The van der Waals surface area contributed by atoms with Crippen LogP contribution in [0.5, 0.6) is 0 Å². The summed E-state index contributed by atoms with van der Waals surface area (Å²) in [5, 5.41) is 3.45. The van der Waals surface area contributed by atoms with E-state index in [2.05, 4.69) is 5.23 Å². The number of carbonyl (C=O) groups is 1. The van der Waals surface area contributed by atoms with Gasteiger partial charge in [-0.2, -0.15) is 0 Å². The van der Waals surface area contributed by atoms with Crippen LogP contribution in [0.3, 0.4) is 0 Å². The number of rotatable bonds is 2. The zero-order valence-electron chi connectivity index (χ0n) is 10.8. The maximum absolute atomic E-state index is 12.5. The summed E-state index contributed by atoms with van der Waals surface area (Å²) in [6.07, 6.45) is 0. The van der Waals surface area contributed by atoms with Crippen molar-refractivity contribution in [2.75, 3.05) is 11.8 Å². The number of carbonyl (C=O) groups excluding carboxylic acids is 1. The Kier molecular flexibility index (Phi) is 2.99. The van der Waals surface area contributed by atoms with Gasteiger partial charge in [0, 0.05) is 12.2 Å². The zero-order valence-corrected chi connectivity index (χ0v) is 10.8. The van der Waals surface area contributed by atoms with E-state index in [0.717, 1.165) is 16.7 Å². The monoisotopic (exact) mass is 250 g/mol. The van der Waals surface area contributed by atoms with E-state index in [1.807, 2.05) is 66.3 Å². The Morgan fingerprint density at radius 2 is 1.74 bits per heavy atom. The molecule has 94 valence electrons. The lowest BCUT2D eigenvalue weighted by atomic mass is 9.64. The highest BCUT2D eigenvalue weighted by atomic mass is 16.2. The highest BCUT2D eigenvalue weighted by molar-refractivity contribution is 6.76. The van der Waals surface area contributed by atoms with Crippen LogP contribution >= 0.6 is 0 Å². The first-order valence-corrected chi connectivity index (χ1v) is 6.52. The first-order valence-electron chi connectivity index (χ1n) is 6.52. The Morgan fingerprint density at radius 3 is 2.47 bits per heavy atom. The second-order valence-corrected chi connectivity index (χ2v) is 4.59. The van der Waals surface area contributed by atoms with E-state index in [9.17, 15) is 4.79 Å². The molecular formula is C15H15BN2O. The minimum Gasteiger partial charge on any atom is -0.405 e. The fraction of sp³-hybridized carbons (Fsp3) is 0.133. The highest BCUT2D eigenvalue weighted by Crippen LogP contribution is 2.23. The topological polar surface area (TPSA) is 32.3 Å². The highest BCUT2D eigenvalue weighted by Gasteiger charge is 2.35. The summed E-state index contributed by atoms with van der Waals surface area (Å²) in [6.45, 7) is 2.59. The average molecular weight is 250 g/mol. The quantitative estimate of drug-likeness (QED) is 0.826. The molecule has 1 heterocycles. The molecule has 4 heteroatoms. The molecule has 0 aliphatic carbocycles. The van der Waals surface area contributed by atoms with E-state index >= 15 is 0 Å². The number of nitrogens with one attached hydrogen (secondary N) is 1. The normalized spacial score (nSPS) is 14.1. The average Bonchev–Trinajstić information content (AvgIpc) is 2.48. The van der Waals surface area contributed by atoms with Crippen molar-refractivity contribution in [2.24, 2.45) is 0 Å². The summed E-state index contributed by atoms with van der Waals surface area (Å²) in [6, 6.07) is 17.7. The fourth-order valence-electron chi connectivity index (χ4n) is 2.52. The summed E-state index contributed by atoms with van der Waals surface area (Å²) in [7, 11) is 0. The number of hydrogen-bond acceptors (Lipinski definition) is 2. The van der Waals surface area contributed by atoms with Gasteiger partial charge in [0.05, 0.1) is 5.56 Å². The Bertz CT molecular complexity index is 600. The van der Waals surface area contributed by atoms with Crippen LogP contribution in [0.25, 0.3) is 0 Å². The summed E-state index contributed by atoms with van der Waals surface area (Å²) >= 11 is 0. The van der Waals surface area contributed by atoms with Gasteiger partial charge in [0.25, 0.3) is 0 Å². The lowest BCUT2D eigenvalue weighted by Crippen LogP contribution is -2.59. The SMILES string of the molecule is CCN1B(c2ccccc2)Nc2ccccc2C1=O. The van der Waals surface area contributed by atoms with E-state index in [-0.39, 0.29) is 12.9 Å². The maximum atomic E-state index is 12.5. The third-order valence-electron chi connectivity index (χ3n) is 3.48. The van der Waals surface area contributed by atoms with Crippen LogP contribution in [0.1, 0.15) is 17.3 Å². The van der Waals surface area contributed by atoms with Gasteiger partial charge in [-0.05, 0) is 24.5 Å². The molecular weight excluding hydrogens is 235 g/mol. The van der Waals surface area contributed by atoms with Crippen molar-refractivity contribution in [3.63, 3.8) is 0 Å². The molecule has 1 amide bonds. The van der Waals surface area contributed by atoms with Gasteiger partial charge in [0.15, 0.2) is 0 Å². The first-order chi connectivity index (χ1) is 9.31. The van der Waals surface area contributed by atoms with E-state index in [1.54, 1.807) is 0 Å². The van der Waals surface area contributed by atoms with E-state index in [1.165, 1.54) is 0 Å². The molecule has 1 aliphatic heterocycles. The van der Waals surface area contributed by atoms with Crippen LogP contribution in [-0.2, 0) is 0 Å². The Hall–Kier alpha value is -2.23. The standard InChI is InChI=1S/C15H15BN2O/c1-2-18-15(19)13-10-6-7-11-14(13)17-16(18)12-8-4-3-5-9-12/h3-11,17H,2H2,1H3. The molecule has 0 aromatic heterocycles. The Morgan fingerprint density at radius 1 is 1.05 bits per heavy atom. The molecule has 0 saturated heterocycles. The fourth-order valence-corrected chi connectivity index (χ4v) is 2.52. The van der Waals surface area contributed by atoms with Crippen LogP contribution in [0, 0.1) is 0 Å². The molecule has 0 bridgehead atoms. The van der Waals surface area contributed by atoms with Crippen molar-refractivity contribution < 1.29 is 4.79 Å². The van der Waals surface area contributed by atoms with Crippen LogP contribution in [0.2, 0.25) is 0 Å². The van der Waals surface area contributed by atoms with Gasteiger partial charge in [0.1, 0.15) is 0 Å². The second kappa shape index (κ2) is 4.80. The third kappa shape index (κ3) is 1.99. The van der Waals surface area contributed by atoms with E-state index in [4.69, 9.17) is 0 Å². The van der Waals surface area contributed by atoms with Gasteiger partial charge in [-0.1, -0.05) is 42.5 Å². The molecule has 1 aliphatic rings. The molecule has 2 aromatic carbocycles. The van der Waals surface area contributed by atoms with Crippen LogP contribution < -0.4 is 10.7 Å². The Balaban J connectivity index is 2.05. The lowest BCUT2D eigenvalue weighted by molar-refractivity contribution is 0.0859. The van der Waals surface area contributed by atoms with Crippen LogP contribution in [-0.4, -0.2) is 24.2 Å². The molecule has 0 radical (unpaired) electrons. The van der Waals surface area contributed by atoms with Crippen molar-refractivity contribution in [1.29, 1.82) is 0 Å². The summed E-state index contributed by atoms with van der Waals surface area (Å²) < 4.78 is 0. The molecule has 0 spiro atoms. The molecule has 0 unspecified atom stereocenters. The van der Waals surface area contributed by atoms with Crippen molar-refractivity contribution in [1.82, 2.24) is 4.81 Å². The third-order valence-corrected chi connectivity index (χ3v) is 3.48. The minimum absolute atomic E-state index is 0.0886. The maximum Gasteiger partial charge on any atom is 0.411 e. The molecule has 0 fully saturated rings. The number of amides is 1. The van der Waals surface area contributed by atoms with Gasteiger partial charge < -0.3 is 10.0 Å². The molecule has 2 aromatic rings. The molecule has 19 heavy (non-hydrogen) atoms. The van der Waals surface area contributed by atoms with E-state index < -0.39 is 0 Å². The molecule has 3 nitrogen and oxygen atoms in total. The molecule has 0 atom stereocenters. The lowest BCUT2D eigenvalue weighted by Gasteiger charge is -2.34. The second-order valence-electron chi connectivity index (χ2n) is 4.59. The summed E-state index contributed by atoms with van der Waals surface area (Å²) in [5.41, 5.74) is 2.76. The summed E-state index contributed by atoms with van der Waals surface area (Å²) in [4.78, 5) is 14.4. The van der Waals surface area contributed by atoms with Gasteiger partial charge in [0.2, 0.25) is 5.91 Å². The summed E-state index contributed by atoms with van der Waals surface area (Å²) in [5.74, 6) is 0.0886. The number of para-hydroxylation sites is 1. The number of nitrogens with zero attached hydrogens (tertiary/aromatic N) is 1. The number of benzene rings is 2. The number of anilines is 1. The van der Waals surface area contributed by atoms with Gasteiger partial charge in [-0.15, -0.1) is 0 Å². The minimum atomic E-state index is -0.0893.